The van der Waals surface area contributed by atoms with E-state index < -0.39 is 0 Å². The van der Waals surface area contributed by atoms with E-state index in [2.05, 4.69) is 27.7 Å². The van der Waals surface area contributed by atoms with Gasteiger partial charge in [0.2, 0.25) is 0 Å². The molecule has 4 heteroatoms. The van der Waals surface area contributed by atoms with Gasteiger partial charge in [-0.3, -0.25) is 0 Å². The lowest BCUT2D eigenvalue weighted by molar-refractivity contribution is -0.0846. The number of ether oxygens (including phenoxy) is 2. The molecule has 0 aliphatic carbocycles. The Morgan fingerprint density at radius 1 is 1.30 bits per heavy atom. The van der Waals surface area contributed by atoms with Gasteiger partial charge in [-0.1, -0.05) is 24.4 Å². The molecule has 1 aromatic carbocycles. The Balaban J connectivity index is 2.05. The molecule has 110 valence electrons. The van der Waals surface area contributed by atoms with Crippen molar-refractivity contribution in [3.63, 3.8) is 0 Å². The normalized spacial score (nSPS) is 23.5. The predicted octanol–water partition coefficient (Wildman–Crippen LogP) is 3.24. The Bertz CT molecular complexity index is 494. The zero-order valence-corrected chi connectivity index (χ0v) is 13.4. The Morgan fingerprint density at radius 3 is 2.35 bits per heavy atom. The monoisotopic (exact) mass is 293 g/mol. The average molecular weight is 293 g/mol. The fraction of sp³-hybridized carbons (Fsp3) is 0.562. The molecular formula is C16H23NO2S. The van der Waals surface area contributed by atoms with Gasteiger partial charge in [0.15, 0.2) is 0 Å². The van der Waals surface area contributed by atoms with Crippen molar-refractivity contribution < 1.29 is 9.47 Å². The van der Waals surface area contributed by atoms with E-state index in [1.165, 1.54) is 0 Å². The van der Waals surface area contributed by atoms with Crippen LogP contribution in [0.4, 0.5) is 0 Å². The van der Waals surface area contributed by atoms with Gasteiger partial charge in [0.25, 0.3) is 0 Å². The highest BCUT2D eigenvalue weighted by molar-refractivity contribution is 7.80. The van der Waals surface area contributed by atoms with E-state index in [9.17, 15) is 0 Å². The molecule has 0 bridgehead atoms. The smallest absolute Gasteiger partial charge is 0.130 e. The van der Waals surface area contributed by atoms with E-state index in [4.69, 9.17) is 27.4 Å². The van der Waals surface area contributed by atoms with Gasteiger partial charge >= 0.3 is 0 Å². The van der Waals surface area contributed by atoms with Crippen LogP contribution >= 0.6 is 12.2 Å². The third kappa shape index (κ3) is 3.70. The topological polar surface area (TPSA) is 44.5 Å². The van der Waals surface area contributed by atoms with Gasteiger partial charge < -0.3 is 15.2 Å². The van der Waals surface area contributed by atoms with Gasteiger partial charge in [0, 0.05) is 12.8 Å². The molecule has 3 nitrogen and oxygen atoms in total. The first-order valence-electron chi connectivity index (χ1n) is 6.92. The van der Waals surface area contributed by atoms with Crippen molar-refractivity contribution in [1.82, 2.24) is 0 Å². The third-order valence-corrected chi connectivity index (χ3v) is 3.72. The fourth-order valence-corrected chi connectivity index (χ4v) is 2.91. The SMILES string of the molecule is CC1(C)CC(Oc2ccc(CC(N)=S)cc2)C(C)(C)O1. The summed E-state index contributed by atoms with van der Waals surface area (Å²) in [5.41, 5.74) is 6.23. The molecule has 0 amide bonds. The molecule has 1 atom stereocenters. The minimum Gasteiger partial charge on any atom is -0.487 e. The quantitative estimate of drug-likeness (QED) is 0.866. The van der Waals surface area contributed by atoms with Crippen molar-refractivity contribution in [2.24, 2.45) is 5.73 Å². The summed E-state index contributed by atoms with van der Waals surface area (Å²) in [6.07, 6.45) is 1.56. The molecule has 0 saturated carbocycles. The lowest BCUT2D eigenvalue weighted by Crippen LogP contribution is -2.36. The van der Waals surface area contributed by atoms with Crippen LogP contribution in [-0.2, 0) is 11.2 Å². The van der Waals surface area contributed by atoms with E-state index in [1.807, 2.05) is 24.3 Å². The Kier molecular flexibility index (Phi) is 4.07. The zero-order chi connectivity index (χ0) is 15.0. The molecule has 1 aliphatic heterocycles. The molecule has 20 heavy (non-hydrogen) atoms. The summed E-state index contributed by atoms with van der Waals surface area (Å²) >= 11 is 4.91. The van der Waals surface area contributed by atoms with E-state index in [1.54, 1.807) is 0 Å². The van der Waals surface area contributed by atoms with Crippen molar-refractivity contribution >= 4 is 17.2 Å². The summed E-state index contributed by atoms with van der Waals surface area (Å²) in [6.45, 7) is 8.36. The molecule has 2 N–H and O–H groups in total. The first-order chi connectivity index (χ1) is 9.18. The van der Waals surface area contributed by atoms with Crippen molar-refractivity contribution in [1.29, 1.82) is 0 Å². The molecule has 1 fully saturated rings. The third-order valence-electron chi connectivity index (χ3n) is 3.57. The number of rotatable bonds is 4. The van der Waals surface area contributed by atoms with Crippen molar-refractivity contribution in [3.8, 4) is 5.75 Å². The summed E-state index contributed by atoms with van der Waals surface area (Å²) in [4.78, 5) is 0.505. The molecule has 1 aliphatic rings. The summed E-state index contributed by atoms with van der Waals surface area (Å²) in [5, 5.41) is 0. The molecule has 1 aromatic rings. The van der Waals surface area contributed by atoms with E-state index in [-0.39, 0.29) is 17.3 Å². The Hall–Kier alpha value is -1.13. The largest absolute Gasteiger partial charge is 0.487 e. The standard InChI is InChI=1S/C16H23NO2S/c1-15(2)10-13(16(3,4)19-15)18-12-7-5-11(6-8-12)9-14(17)20/h5-8,13H,9-10H2,1-4H3,(H2,17,20). The van der Waals surface area contributed by atoms with Crippen LogP contribution in [0.25, 0.3) is 0 Å². The molecule has 0 aromatic heterocycles. The van der Waals surface area contributed by atoms with E-state index in [0.29, 0.717) is 11.4 Å². The zero-order valence-electron chi connectivity index (χ0n) is 12.6. The Morgan fingerprint density at radius 2 is 1.90 bits per heavy atom. The molecule has 1 unspecified atom stereocenters. The Labute approximate surface area is 126 Å². The number of hydrogen-bond donors (Lipinski definition) is 1. The second kappa shape index (κ2) is 5.34. The molecule has 1 saturated heterocycles. The van der Waals surface area contributed by atoms with E-state index >= 15 is 0 Å². The molecule has 1 heterocycles. The number of nitrogens with two attached hydrogens (primary N) is 1. The second-order valence-electron chi connectivity index (χ2n) is 6.56. The van der Waals surface area contributed by atoms with Gasteiger partial charge in [-0.2, -0.15) is 0 Å². The lowest BCUT2D eigenvalue weighted by atomic mass is 9.97. The molecule has 0 radical (unpaired) electrons. The van der Waals surface area contributed by atoms with Crippen LogP contribution in [0.1, 0.15) is 39.7 Å². The van der Waals surface area contributed by atoms with Crippen LogP contribution < -0.4 is 10.5 Å². The van der Waals surface area contributed by atoms with Crippen LogP contribution in [0.2, 0.25) is 0 Å². The maximum Gasteiger partial charge on any atom is 0.130 e. The van der Waals surface area contributed by atoms with Gasteiger partial charge in [-0.05, 0) is 45.4 Å². The first kappa shape index (κ1) is 15.3. The van der Waals surface area contributed by atoms with Crippen LogP contribution in [0.5, 0.6) is 5.75 Å². The van der Waals surface area contributed by atoms with Gasteiger partial charge in [-0.25, -0.2) is 0 Å². The molecule has 0 spiro atoms. The predicted molar refractivity (Wildman–Crippen MR) is 85.2 cm³/mol. The van der Waals surface area contributed by atoms with Crippen LogP contribution in [0, 0.1) is 0 Å². The summed E-state index contributed by atoms with van der Waals surface area (Å²) in [6, 6.07) is 7.94. The van der Waals surface area contributed by atoms with Gasteiger partial charge in [0.05, 0.1) is 10.6 Å². The lowest BCUT2D eigenvalue weighted by Gasteiger charge is -2.27. The summed E-state index contributed by atoms with van der Waals surface area (Å²) in [7, 11) is 0. The van der Waals surface area contributed by atoms with Crippen molar-refractivity contribution in [2.75, 3.05) is 0 Å². The van der Waals surface area contributed by atoms with Crippen molar-refractivity contribution in [3.05, 3.63) is 29.8 Å². The highest BCUT2D eigenvalue weighted by Crippen LogP contribution is 2.39. The number of benzene rings is 1. The minimum absolute atomic E-state index is 0.0546. The minimum atomic E-state index is -0.277. The summed E-state index contributed by atoms with van der Waals surface area (Å²) in [5.74, 6) is 0.857. The van der Waals surface area contributed by atoms with Crippen molar-refractivity contribution in [2.45, 2.75) is 57.8 Å². The number of thiocarbonyl (C=S) groups is 1. The van der Waals surface area contributed by atoms with Crippen LogP contribution in [0.15, 0.2) is 24.3 Å². The molecular weight excluding hydrogens is 270 g/mol. The average Bonchev–Trinajstić information content (AvgIpc) is 2.48. The highest BCUT2D eigenvalue weighted by Gasteiger charge is 2.47. The fourth-order valence-electron chi connectivity index (χ4n) is 2.75. The maximum atomic E-state index is 6.10. The van der Waals surface area contributed by atoms with Gasteiger partial charge in [0.1, 0.15) is 17.5 Å². The van der Waals surface area contributed by atoms with Gasteiger partial charge in [-0.15, -0.1) is 0 Å². The second-order valence-corrected chi connectivity index (χ2v) is 7.09. The number of hydrogen-bond acceptors (Lipinski definition) is 3. The van der Waals surface area contributed by atoms with Crippen LogP contribution in [0.3, 0.4) is 0 Å². The van der Waals surface area contributed by atoms with E-state index in [0.717, 1.165) is 17.7 Å². The molecule has 2 rings (SSSR count). The van der Waals surface area contributed by atoms with Crippen LogP contribution in [-0.4, -0.2) is 22.3 Å². The maximum absolute atomic E-state index is 6.10. The first-order valence-corrected chi connectivity index (χ1v) is 7.33. The highest BCUT2D eigenvalue weighted by atomic mass is 32.1. The summed E-state index contributed by atoms with van der Waals surface area (Å²) < 4.78 is 12.1.